The van der Waals surface area contributed by atoms with E-state index in [1.165, 1.54) is 12.1 Å². The van der Waals surface area contributed by atoms with E-state index in [-0.39, 0.29) is 17.2 Å². The molecule has 0 unspecified atom stereocenters. The Labute approximate surface area is 161 Å². The molecular formula is C21H22F3N3O. The standard InChI is InChI=1S/C21H22F3N3O/c22-21(23,24)17-10-13(25)2-3-14(17)12-8-15-16-11-26-5-4-18(16)27-6-1-7-28-19(9-12)20(15)27/h2-3,8-10,16,18,26H,1,4-7,11,25H2/t16-,18-/m0/s1. The van der Waals surface area contributed by atoms with Gasteiger partial charge >= 0.3 is 6.18 Å². The summed E-state index contributed by atoms with van der Waals surface area (Å²) in [5.41, 5.74) is 7.89. The first-order valence-corrected chi connectivity index (χ1v) is 9.68. The summed E-state index contributed by atoms with van der Waals surface area (Å²) in [6.45, 7) is 3.31. The molecule has 0 amide bonds. The van der Waals surface area contributed by atoms with Crippen molar-refractivity contribution in [3.63, 3.8) is 0 Å². The van der Waals surface area contributed by atoms with Crippen LogP contribution in [-0.2, 0) is 6.18 Å². The van der Waals surface area contributed by atoms with Crippen LogP contribution in [0.1, 0.15) is 29.9 Å². The Morgan fingerprint density at radius 3 is 2.86 bits per heavy atom. The summed E-state index contributed by atoms with van der Waals surface area (Å²) < 4.78 is 47.0. The van der Waals surface area contributed by atoms with Gasteiger partial charge in [0.05, 0.1) is 17.9 Å². The van der Waals surface area contributed by atoms with Crippen LogP contribution in [0.2, 0.25) is 0 Å². The second-order valence-corrected chi connectivity index (χ2v) is 7.78. The number of anilines is 2. The number of halogens is 3. The first kappa shape index (κ1) is 17.7. The third-order valence-corrected chi connectivity index (χ3v) is 6.10. The number of hydrogen-bond acceptors (Lipinski definition) is 4. The highest BCUT2D eigenvalue weighted by atomic mass is 19.4. The fraction of sp³-hybridized carbons (Fsp3) is 0.429. The average Bonchev–Trinajstić information content (AvgIpc) is 2.82. The highest BCUT2D eigenvalue weighted by Crippen LogP contribution is 2.51. The van der Waals surface area contributed by atoms with Crippen molar-refractivity contribution in [3.05, 3.63) is 41.5 Å². The van der Waals surface area contributed by atoms with Gasteiger partial charge in [-0.1, -0.05) is 6.07 Å². The maximum absolute atomic E-state index is 13.7. The van der Waals surface area contributed by atoms with Crippen molar-refractivity contribution in [3.8, 4) is 16.9 Å². The van der Waals surface area contributed by atoms with Crippen molar-refractivity contribution >= 4 is 11.4 Å². The van der Waals surface area contributed by atoms with Gasteiger partial charge in [-0.15, -0.1) is 0 Å². The fourth-order valence-electron chi connectivity index (χ4n) is 4.93. The summed E-state index contributed by atoms with van der Waals surface area (Å²) in [5, 5.41) is 3.44. The molecule has 0 aliphatic carbocycles. The Balaban J connectivity index is 1.70. The first-order valence-electron chi connectivity index (χ1n) is 9.68. The minimum Gasteiger partial charge on any atom is -0.491 e. The molecule has 3 heterocycles. The summed E-state index contributed by atoms with van der Waals surface area (Å²) in [6, 6.07) is 8.08. The van der Waals surface area contributed by atoms with Crippen molar-refractivity contribution in [2.75, 3.05) is 36.9 Å². The fourth-order valence-corrected chi connectivity index (χ4v) is 4.93. The van der Waals surface area contributed by atoms with Gasteiger partial charge in [0.15, 0.2) is 0 Å². The lowest BCUT2D eigenvalue weighted by Gasteiger charge is -2.33. The number of nitrogens with zero attached hydrogens (tertiary/aromatic N) is 1. The van der Waals surface area contributed by atoms with Crippen LogP contribution in [0.15, 0.2) is 30.3 Å². The normalized spacial score (nSPS) is 23.6. The molecule has 148 valence electrons. The third-order valence-electron chi connectivity index (χ3n) is 6.10. The van der Waals surface area contributed by atoms with Crippen LogP contribution in [0, 0.1) is 0 Å². The Kier molecular flexibility index (Phi) is 3.98. The Bertz CT molecular complexity index is 928. The van der Waals surface area contributed by atoms with Crippen molar-refractivity contribution in [2.24, 2.45) is 0 Å². The van der Waals surface area contributed by atoms with Crippen molar-refractivity contribution < 1.29 is 17.9 Å². The third kappa shape index (κ3) is 2.71. The highest BCUT2D eigenvalue weighted by Gasteiger charge is 2.43. The van der Waals surface area contributed by atoms with Crippen molar-refractivity contribution in [2.45, 2.75) is 31.0 Å². The van der Waals surface area contributed by atoms with Crippen LogP contribution >= 0.6 is 0 Å². The molecule has 3 aliphatic heterocycles. The zero-order chi connectivity index (χ0) is 19.5. The quantitative estimate of drug-likeness (QED) is 0.724. The van der Waals surface area contributed by atoms with Crippen molar-refractivity contribution in [1.29, 1.82) is 0 Å². The monoisotopic (exact) mass is 389 g/mol. The van der Waals surface area contributed by atoms with E-state index in [4.69, 9.17) is 10.5 Å². The van der Waals surface area contributed by atoms with Gasteiger partial charge in [0.2, 0.25) is 0 Å². The predicted molar refractivity (Wildman–Crippen MR) is 103 cm³/mol. The van der Waals surface area contributed by atoms with Crippen LogP contribution in [-0.4, -0.2) is 32.3 Å². The molecule has 3 aliphatic rings. The molecule has 0 bridgehead atoms. The maximum atomic E-state index is 13.7. The maximum Gasteiger partial charge on any atom is 0.417 e. The number of hydrogen-bond donors (Lipinski definition) is 2. The van der Waals surface area contributed by atoms with Gasteiger partial charge in [-0.3, -0.25) is 0 Å². The highest BCUT2D eigenvalue weighted by molar-refractivity contribution is 5.80. The van der Waals surface area contributed by atoms with Gasteiger partial charge in [-0.25, -0.2) is 0 Å². The SMILES string of the molecule is Nc1ccc(-c2cc3c4c(c2)[C@@H]2CNCC[C@@H]2N4CCCO3)c(C(F)(F)F)c1. The van der Waals surface area contributed by atoms with Gasteiger partial charge in [0.1, 0.15) is 5.75 Å². The van der Waals surface area contributed by atoms with E-state index < -0.39 is 11.7 Å². The lowest BCUT2D eigenvalue weighted by molar-refractivity contribution is -0.137. The van der Waals surface area contributed by atoms with E-state index in [9.17, 15) is 13.2 Å². The molecule has 5 rings (SSSR count). The van der Waals surface area contributed by atoms with E-state index in [1.54, 1.807) is 6.07 Å². The number of benzene rings is 2. The second kappa shape index (κ2) is 6.30. The van der Waals surface area contributed by atoms with E-state index >= 15 is 0 Å². The number of piperidine rings is 1. The predicted octanol–water partition coefficient (Wildman–Crippen LogP) is 4.00. The Hall–Kier alpha value is -2.41. The number of fused-ring (bicyclic) bond motifs is 3. The molecule has 2 aromatic carbocycles. The van der Waals surface area contributed by atoms with E-state index in [0.717, 1.165) is 49.8 Å². The van der Waals surface area contributed by atoms with E-state index in [1.807, 2.05) is 6.07 Å². The average molecular weight is 389 g/mol. The topological polar surface area (TPSA) is 50.5 Å². The lowest BCUT2D eigenvalue weighted by atomic mass is 9.88. The van der Waals surface area contributed by atoms with Gasteiger partial charge in [0.25, 0.3) is 0 Å². The molecule has 0 aromatic heterocycles. The number of nitrogen functional groups attached to an aromatic ring is 1. The number of nitrogens with one attached hydrogen (secondary N) is 1. The second-order valence-electron chi connectivity index (χ2n) is 7.78. The molecule has 4 nitrogen and oxygen atoms in total. The summed E-state index contributed by atoms with van der Waals surface area (Å²) in [6.07, 6.45) is -2.53. The smallest absolute Gasteiger partial charge is 0.417 e. The van der Waals surface area contributed by atoms with Gasteiger partial charge in [-0.05, 0) is 60.3 Å². The van der Waals surface area contributed by atoms with Crippen LogP contribution in [0.5, 0.6) is 5.75 Å². The first-order chi connectivity index (χ1) is 13.4. The van der Waals surface area contributed by atoms with Crippen LogP contribution in [0.25, 0.3) is 11.1 Å². The number of nitrogens with two attached hydrogens (primary N) is 1. The molecule has 0 radical (unpaired) electrons. The molecule has 28 heavy (non-hydrogen) atoms. The number of rotatable bonds is 1. The molecule has 2 aromatic rings. The van der Waals surface area contributed by atoms with E-state index in [2.05, 4.69) is 10.2 Å². The Morgan fingerprint density at radius 1 is 1.18 bits per heavy atom. The van der Waals surface area contributed by atoms with Crippen LogP contribution in [0.3, 0.4) is 0 Å². The lowest BCUT2D eigenvalue weighted by Crippen LogP contribution is -2.44. The van der Waals surface area contributed by atoms with Crippen LogP contribution < -0.4 is 20.7 Å². The minimum atomic E-state index is -4.47. The summed E-state index contributed by atoms with van der Waals surface area (Å²) in [7, 11) is 0. The molecule has 1 saturated heterocycles. The van der Waals surface area contributed by atoms with Crippen molar-refractivity contribution in [1.82, 2.24) is 5.32 Å². The van der Waals surface area contributed by atoms with Crippen LogP contribution in [0.4, 0.5) is 24.5 Å². The van der Waals surface area contributed by atoms with Gasteiger partial charge in [-0.2, -0.15) is 13.2 Å². The molecule has 3 N–H and O–H groups in total. The molecule has 7 heteroatoms. The molecule has 0 spiro atoms. The summed E-state index contributed by atoms with van der Waals surface area (Å²) in [4.78, 5) is 2.42. The number of alkyl halides is 3. The largest absolute Gasteiger partial charge is 0.491 e. The summed E-state index contributed by atoms with van der Waals surface area (Å²) in [5.74, 6) is 0.969. The summed E-state index contributed by atoms with van der Waals surface area (Å²) >= 11 is 0. The van der Waals surface area contributed by atoms with Gasteiger partial charge in [0, 0.05) is 30.7 Å². The zero-order valence-corrected chi connectivity index (χ0v) is 15.4. The molecular weight excluding hydrogens is 367 g/mol. The van der Waals surface area contributed by atoms with E-state index in [0.29, 0.717) is 24.0 Å². The molecule has 1 fully saturated rings. The zero-order valence-electron chi connectivity index (χ0n) is 15.4. The molecule has 0 saturated carbocycles. The number of ether oxygens (including phenoxy) is 1. The minimum absolute atomic E-state index is 0.106. The molecule has 2 atom stereocenters. The Morgan fingerprint density at radius 2 is 2.04 bits per heavy atom. The van der Waals surface area contributed by atoms with Gasteiger partial charge < -0.3 is 20.7 Å².